The summed E-state index contributed by atoms with van der Waals surface area (Å²) in [7, 11) is 0. The van der Waals surface area contributed by atoms with Crippen molar-refractivity contribution in [3.05, 3.63) is 108 Å². The van der Waals surface area contributed by atoms with Gasteiger partial charge < -0.3 is 9.94 Å². The summed E-state index contributed by atoms with van der Waals surface area (Å²) in [5.74, 6) is 0.0229. The zero-order valence-corrected chi connectivity index (χ0v) is 18.3. The van der Waals surface area contributed by atoms with Gasteiger partial charge in [-0.25, -0.2) is 0 Å². The lowest BCUT2D eigenvalue weighted by atomic mass is 9.93. The highest BCUT2D eigenvalue weighted by atomic mass is 16.6. The van der Waals surface area contributed by atoms with E-state index in [1.807, 2.05) is 47.3 Å². The molecule has 1 atom stereocenters. The van der Waals surface area contributed by atoms with E-state index in [-0.39, 0.29) is 12.5 Å². The third kappa shape index (κ3) is 4.56. The molecule has 166 valence electrons. The zero-order chi connectivity index (χ0) is 22.5. The van der Waals surface area contributed by atoms with Crippen molar-refractivity contribution in [1.29, 1.82) is 0 Å². The first-order chi connectivity index (χ1) is 16.3. The summed E-state index contributed by atoms with van der Waals surface area (Å²) in [5.41, 5.74) is 7.50. The Bertz CT molecular complexity index is 1240. The van der Waals surface area contributed by atoms with E-state index in [0.717, 1.165) is 40.9 Å². The van der Waals surface area contributed by atoms with Gasteiger partial charge >= 0.3 is 0 Å². The topological polar surface area (TPSA) is 72.5 Å². The average Bonchev–Trinajstić information content (AvgIpc) is 3.45. The number of pyridine rings is 1. The summed E-state index contributed by atoms with van der Waals surface area (Å²) < 4.78 is 1.81. The van der Waals surface area contributed by atoms with E-state index in [9.17, 15) is 5.11 Å². The average molecular weight is 439 g/mol. The Morgan fingerprint density at radius 2 is 1.79 bits per heavy atom. The first-order valence-corrected chi connectivity index (χ1v) is 11.2. The number of aromatic nitrogens is 3. The van der Waals surface area contributed by atoms with Gasteiger partial charge in [0.1, 0.15) is 6.61 Å². The summed E-state index contributed by atoms with van der Waals surface area (Å²) >= 11 is 0. The molecule has 2 aromatic carbocycles. The number of benzene rings is 2. The fourth-order valence-electron chi connectivity index (χ4n) is 4.39. The van der Waals surface area contributed by atoms with Crippen molar-refractivity contribution in [2.75, 3.05) is 13.2 Å². The van der Waals surface area contributed by atoms with Crippen LogP contribution in [-0.2, 0) is 24.2 Å². The Labute approximate surface area is 193 Å². The molecule has 0 saturated carbocycles. The third-order valence-electron chi connectivity index (χ3n) is 5.98. The van der Waals surface area contributed by atoms with E-state index in [1.54, 1.807) is 12.4 Å². The Morgan fingerprint density at radius 3 is 2.61 bits per heavy atom. The fourth-order valence-corrected chi connectivity index (χ4v) is 4.39. The lowest BCUT2D eigenvalue weighted by Crippen LogP contribution is -2.10. The van der Waals surface area contributed by atoms with Gasteiger partial charge in [-0.05, 0) is 29.7 Å². The highest BCUT2D eigenvalue weighted by Crippen LogP contribution is 2.38. The second-order valence-corrected chi connectivity index (χ2v) is 8.11. The zero-order valence-electron chi connectivity index (χ0n) is 18.3. The van der Waals surface area contributed by atoms with E-state index in [2.05, 4.69) is 40.5 Å². The van der Waals surface area contributed by atoms with Crippen LogP contribution in [0.1, 0.15) is 28.2 Å². The Balaban J connectivity index is 1.47. The minimum Gasteiger partial charge on any atom is -0.395 e. The van der Waals surface area contributed by atoms with Crippen LogP contribution in [0.2, 0.25) is 0 Å². The van der Waals surface area contributed by atoms with Gasteiger partial charge in [0.15, 0.2) is 0 Å². The molecule has 0 saturated heterocycles. The van der Waals surface area contributed by atoms with Crippen LogP contribution >= 0.6 is 0 Å². The molecule has 0 radical (unpaired) electrons. The molecule has 4 aromatic rings. The van der Waals surface area contributed by atoms with Gasteiger partial charge in [-0.3, -0.25) is 9.67 Å². The molecule has 1 unspecified atom stereocenters. The van der Waals surface area contributed by atoms with E-state index in [4.69, 9.17) is 9.94 Å². The fraction of sp³-hybridized carbons (Fsp3) is 0.222. The van der Waals surface area contributed by atoms with Crippen LogP contribution < -0.4 is 0 Å². The monoisotopic (exact) mass is 438 g/mol. The molecule has 0 fully saturated rings. The molecule has 0 aliphatic heterocycles. The third-order valence-corrected chi connectivity index (χ3v) is 5.98. The van der Waals surface area contributed by atoms with Crippen LogP contribution in [0.25, 0.3) is 11.3 Å². The molecule has 5 rings (SSSR count). The molecule has 0 spiro atoms. The molecule has 1 aliphatic rings. The lowest BCUT2D eigenvalue weighted by molar-refractivity contribution is 0.147. The minimum atomic E-state index is 0.0229. The molecular weight excluding hydrogens is 412 g/mol. The van der Waals surface area contributed by atoms with Crippen LogP contribution in [0, 0.1) is 0 Å². The predicted molar refractivity (Wildman–Crippen MR) is 128 cm³/mol. The van der Waals surface area contributed by atoms with Gasteiger partial charge in [0.05, 0.1) is 24.6 Å². The lowest BCUT2D eigenvalue weighted by Gasteiger charge is -2.12. The largest absolute Gasteiger partial charge is 0.395 e. The molecule has 0 bridgehead atoms. The van der Waals surface area contributed by atoms with Crippen molar-refractivity contribution in [1.82, 2.24) is 14.8 Å². The van der Waals surface area contributed by atoms with Crippen molar-refractivity contribution in [3.8, 4) is 11.3 Å². The molecular formula is C27H26N4O2. The molecule has 6 nitrogen and oxygen atoms in total. The van der Waals surface area contributed by atoms with Gasteiger partial charge in [-0.15, -0.1) is 0 Å². The summed E-state index contributed by atoms with van der Waals surface area (Å²) in [4.78, 5) is 9.99. The molecule has 33 heavy (non-hydrogen) atoms. The number of nitrogens with zero attached hydrogens (tertiary/aromatic N) is 4. The smallest absolute Gasteiger partial charge is 0.121 e. The Kier molecular flexibility index (Phi) is 6.26. The SMILES string of the molecule is OCCn1cc(C2Cc3ccccc3C2=NOCCc2ccccc2)c(-c2ccncc2)n1. The number of fused-ring (bicyclic) bond motifs is 1. The normalized spacial score (nSPS) is 16.2. The number of aliphatic hydroxyl groups is 1. The van der Waals surface area contributed by atoms with E-state index in [0.29, 0.717) is 13.2 Å². The molecule has 6 heteroatoms. The molecule has 2 aromatic heterocycles. The summed E-state index contributed by atoms with van der Waals surface area (Å²) in [6.07, 6.45) is 7.22. The molecule has 0 amide bonds. The quantitative estimate of drug-likeness (QED) is 0.330. The van der Waals surface area contributed by atoms with Crippen LogP contribution in [0.15, 0.2) is 90.5 Å². The van der Waals surface area contributed by atoms with Crippen molar-refractivity contribution in [2.45, 2.75) is 25.3 Å². The number of hydrogen-bond donors (Lipinski definition) is 1. The second kappa shape index (κ2) is 9.79. The van der Waals surface area contributed by atoms with Crippen LogP contribution in [0.4, 0.5) is 0 Å². The van der Waals surface area contributed by atoms with Gasteiger partial charge in [0, 0.05) is 47.6 Å². The Hall–Kier alpha value is -3.77. The number of rotatable bonds is 8. The predicted octanol–water partition coefficient (Wildman–Crippen LogP) is 4.24. The standard InChI is InChI=1S/C27H26N4O2/c32-16-15-31-19-25(26(29-31)21-10-13-28-14-11-21)24-18-22-8-4-5-9-23(22)27(24)30-33-17-12-20-6-2-1-3-7-20/h1-11,13-14,19,24,32H,12,15-18H2. The van der Waals surface area contributed by atoms with Crippen molar-refractivity contribution in [3.63, 3.8) is 0 Å². The molecule has 2 heterocycles. The van der Waals surface area contributed by atoms with Gasteiger partial charge in [0.2, 0.25) is 0 Å². The molecule has 1 aliphatic carbocycles. The summed E-state index contributed by atoms with van der Waals surface area (Å²) in [5, 5.41) is 18.9. The van der Waals surface area contributed by atoms with E-state index in [1.165, 1.54) is 11.1 Å². The van der Waals surface area contributed by atoms with Crippen LogP contribution in [0.5, 0.6) is 0 Å². The maximum absolute atomic E-state index is 9.47. The van der Waals surface area contributed by atoms with E-state index >= 15 is 0 Å². The van der Waals surface area contributed by atoms with Gasteiger partial charge in [-0.1, -0.05) is 59.8 Å². The van der Waals surface area contributed by atoms with Crippen molar-refractivity contribution < 1.29 is 9.94 Å². The van der Waals surface area contributed by atoms with Gasteiger partial charge in [-0.2, -0.15) is 5.10 Å². The number of hydrogen-bond acceptors (Lipinski definition) is 5. The van der Waals surface area contributed by atoms with Gasteiger partial charge in [0.25, 0.3) is 0 Å². The van der Waals surface area contributed by atoms with Crippen LogP contribution in [-0.4, -0.2) is 38.8 Å². The summed E-state index contributed by atoms with van der Waals surface area (Å²) in [6.45, 7) is 0.993. The maximum Gasteiger partial charge on any atom is 0.121 e. The van der Waals surface area contributed by atoms with Crippen molar-refractivity contribution in [2.24, 2.45) is 5.16 Å². The first kappa shape index (κ1) is 21.1. The Morgan fingerprint density at radius 1 is 1.00 bits per heavy atom. The molecule has 1 N–H and O–H groups in total. The van der Waals surface area contributed by atoms with E-state index < -0.39 is 0 Å². The number of aliphatic hydroxyl groups excluding tert-OH is 1. The highest BCUT2D eigenvalue weighted by molar-refractivity contribution is 6.09. The highest BCUT2D eigenvalue weighted by Gasteiger charge is 2.33. The minimum absolute atomic E-state index is 0.0229. The second-order valence-electron chi connectivity index (χ2n) is 8.11. The maximum atomic E-state index is 9.47. The number of oxime groups is 1. The first-order valence-electron chi connectivity index (χ1n) is 11.2. The summed E-state index contributed by atoms with van der Waals surface area (Å²) in [6, 6.07) is 22.6. The van der Waals surface area contributed by atoms with Crippen molar-refractivity contribution >= 4 is 5.71 Å². The van der Waals surface area contributed by atoms with Crippen LogP contribution in [0.3, 0.4) is 0 Å².